The predicted molar refractivity (Wildman–Crippen MR) is 40.0 cm³/mol. The smallest absolute Gasteiger partial charge is 0.399 e. The molecule has 0 aliphatic rings. The highest BCUT2D eigenvalue weighted by atomic mass is 19.4. The van der Waals surface area contributed by atoms with Gasteiger partial charge in [-0.25, -0.2) is 4.98 Å². The summed E-state index contributed by atoms with van der Waals surface area (Å²) in [5.41, 5.74) is 3.95. The number of rotatable bonds is 1. The first-order valence-electron chi connectivity index (χ1n) is 3.45. The predicted octanol–water partition coefficient (Wildman–Crippen LogP) is 1.57. The van der Waals surface area contributed by atoms with Crippen molar-refractivity contribution in [3.8, 4) is 11.8 Å². The summed E-state index contributed by atoms with van der Waals surface area (Å²) >= 11 is 0. The monoisotopic (exact) mass is 221 g/mol. The summed E-state index contributed by atoms with van der Waals surface area (Å²) in [7, 11) is 0. The second-order valence-corrected chi connectivity index (χ2v) is 2.37. The quantitative estimate of drug-likeness (QED) is 0.577. The van der Waals surface area contributed by atoms with Gasteiger partial charge in [-0.3, -0.25) is 0 Å². The van der Waals surface area contributed by atoms with Crippen LogP contribution in [0.15, 0.2) is 6.20 Å². The van der Waals surface area contributed by atoms with E-state index >= 15 is 0 Å². The fraction of sp³-hybridized carbons (Fsp3) is 0.143. The zero-order valence-corrected chi connectivity index (χ0v) is 6.97. The molecule has 15 heavy (non-hydrogen) atoms. The Morgan fingerprint density at radius 2 is 2.07 bits per heavy atom. The molecule has 80 valence electrons. The van der Waals surface area contributed by atoms with Gasteiger partial charge in [0.15, 0.2) is 0 Å². The van der Waals surface area contributed by atoms with Gasteiger partial charge in [-0.15, -0.1) is 13.2 Å². The van der Waals surface area contributed by atoms with E-state index < -0.39 is 29.3 Å². The molecular formula is C7H3F4N3O. The highest BCUT2D eigenvalue weighted by molar-refractivity contribution is 5.61. The summed E-state index contributed by atoms with van der Waals surface area (Å²) in [6.45, 7) is 0. The number of alkyl halides is 3. The van der Waals surface area contributed by atoms with Crippen LogP contribution in [-0.2, 0) is 0 Å². The second kappa shape index (κ2) is 3.61. The molecule has 0 atom stereocenters. The number of anilines is 1. The molecule has 0 aliphatic heterocycles. The molecule has 0 saturated heterocycles. The van der Waals surface area contributed by atoms with Gasteiger partial charge < -0.3 is 10.5 Å². The third-order valence-electron chi connectivity index (χ3n) is 1.37. The lowest BCUT2D eigenvalue weighted by Crippen LogP contribution is -2.19. The molecular weight excluding hydrogens is 218 g/mol. The standard InChI is InChI=1S/C7H3F4N3O/c8-6-5(15-7(9,10)11)4(13)3(1-12)2-14-6/h2H,(H2,13,14). The summed E-state index contributed by atoms with van der Waals surface area (Å²) in [5.74, 6) is -2.81. The number of pyridine rings is 1. The van der Waals surface area contributed by atoms with E-state index in [1.165, 1.54) is 6.07 Å². The first-order chi connectivity index (χ1) is 6.85. The number of halogens is 4. The molecule has 0 fully saturated rings. The number of hydrogen-bond donors (Lipinski definition) is 1. The molecule has 0 unspecified atom stereocenters. The van der Waals surface area contributed by atoms with E-state index in [4.69, 9.17) is 11.0 Å². The van der Waals surface area contributed by atoms with Gasteiger partial charge in [-0.1, -0.05) is 0 Å². The van der Waals surface area contributed by atoms with Gasteiger partial charge in [0.05, 0.1) is 17.4 Å². The Balaban J connectivity index is 3.23. The highest BCUT2D eigenvalue weighted by Crippen LogP contribution is 2.31. The third-order valence-corrected chi connectivity index (χ3v) is 1.37. The van der Waals surface area contributed by atoms with Crippen LogP contribution in [0.2, 0.25) is 0 Å². The van der Waals surface area contributed by atoms with E-state index in [9.17, 15) is 17.6 Å². The van der Waals surface area contributed by atoms with Crippen molar-refractivity contribution in [2.45, 2.75) is 6.36 Å². The number of nitrogens with zero attached hydrogens (tertiary/aromatic N) is 2. The molecule has 8 heteroatoms. The Bertz CT molecular complexity index is 423. The molecule has 0 radical (unpaired) electrons. The normalized spacial score (nSPS) is 10.9. The van der Waals surface area contributed by atoms with Crippen LogP contribution in [0.4, 0.5) is 23.2 Å². The molecule has 0 aliphatic carbocycles. The van der Waals surface area contributed by atoms with Crippen LogP contribution in [0.1, 0.15) is 5.56 Å². The summed E-state index contributed by atoms with van der Waals surface area (Å²) in [6, 6.07) is 1.45. The maximum absolute atomic E-state index is 12.8. The molecule has 4 nitrogen and oxygen atoms in total. The zero-order chi connectivity index (χ0) is 11.6. The van der Waals surface area contributed by atoms with Crippen LogP contribution < -0.4 is 10.5 Å². The van der Waals surface area contributed by atoms with Gasteiger partial charge in [-0.05, 0) is 0 Å². The maximum atomic E-state index is 12.8. The Morgan fingerprint density at radius 1 is 1.47 bits per heavy atom. The van der Waals surface area contributed by atoms with E-state index in [0.29, 0.717) is 6.20 Å². The Morgan fingerprint density at radius 3 is 2.53 bits per heavy atom. The number of ether oxygens (including phenoxy) is 1. The van der Waals surface area contributed by atoms with Crippen molar-refractivity contribution in [2.24, 2.45) is 0 Å². The molecule has 0 bridgehead atoms. The van der Waals surface area contributed by atoms with Crippen LogP contribution in [0.3, 0.4) is 0 Å². The molecule has 0 spiro atoms. The Hall–Kier alpha value is -2.04. The van der Waals surface area contributed by atoms with Crippen molar-refractivity contribution in [3.63, 3.8) is 0 Å². The maximum Gasteiger partial charge on any atom is 0.573 e. The zero-order valence-electron chi connectivity index (χ0n) is 6.97. The van der Waals surface area contributed by atoms with Crippen LogP contribution in [-0.4, -0.2) is 11.3 Å². The van der Waals surface area contributed by atoms with Gasteiger partial charge in [-0.2, -0.15) is 9.65 Å². The average molecular weight is 221 g/mol. The fourth-order valence-corrected chi connectivity index (χ4v) is 0.785. The third kappa shape index (κ3) is 2.46. The minimum atomic E-state index is -5.09. The van der Waals surface area contributed by atoms with Gasteiger partial charge in [0, 0.05) is 0 Å². The summed E-state index contributed by atoms with van der Waals surface area (Å²) in [4.78, 5) is 2.90. The van der Waals surface area contributed by atoms with Crippen LogP contribution in [0.5, 0.6) is 5.75 Å². The summed E-state index contributed by atoms with van der Waals surface area (Å²) < 4.78 is 51.4. The summed E-state index contributed by atoms with van der Waals surface area (Å²) in [6.07, 6.45) is -4.38. The lowest BCUT2D eigenvalue weighted by Gasteiger charge is -2.11. The van der Waals surface area contributed by atoms with Crippen LogP contribution in [0.25, 0.3) is 0 Å². The number of nitriles is 1. The van der Waals surface area contributed by atoms with Crippen molar-refractivity contribution >= 4 is 5.69 Å². The lowest BCUT2D eigenvalue weighted by atomic mass is 10.2. The molecule has 1 rings (SSSR count). The number of hydrogen-bond acceptors (Lipinski definition) is 4. The minimum Gasteiger partial charge on any atom is -0.399 e. The van der Waals surface area contributed by atoms with Crippen molar-refractivity contribution in [1.29, 1.82) is 5.26 Å². The van der Waals surface area contributed by atoms with E-state index in [0.717, 1.165) is 0 Å². The minimum absolute atomic E-state index is 0.393. The number of nitrogen functional groups attached to an aromatic ring is 1. The lowest BCUT2D eigenvalue weighted by molar-refractivity contribution is -0.275. The largest absolute Gasteiger partial charge is 0.573 e. The molecule has 1 heterocycles. The summed E-state index contributed by atoms with van der Waals surface area (Å²) in [5, 5.41) is 8.40. The highest BCUT2D eigenvalue weighted by Gasteiger charge is 2.34. The molecule has 0 amide bonds. The second-order valence-electron chi connectivity index (χ2n) is 2.37. The van der Waals surface area contributed by atoms with E-state index in [1.807, 2.05) is 0 Å². The van der Waals surface area contributed by atoms with E-state index in [1.54, 1.807) is 0 Å². The van der Waals surface area contributed by atoms with Crippen molar-refractivity contribution in [2.75, 3.05) is 5.73 Å². The van der Waals surface area contributed by atoms with Gasteiger partial charge in [0.1, 0.15) is 6.07 Å². The first kappa shape index (κ1) is 11.0. The first-order valence-corrected chi connectivity index (χ1v) is 3.45. The molecule has 0 saturated carbocycles. The van der Waals surface area contributed by atoms with Crippen molar-refractivity contribution in [1.82, 2.24) is 4.98 Å². The fourth-order valence-electron chi connectivity index (χ4n) is 0.785. The van der Waals surface area contributed by atoms with Crippen LogP contribution in [0, 0.1) is 17.3 Å². The molecule has 0 aromatic carbocycles. The van der Waals surface area contributed by atoms with E-state index in [-0.39, 0.29) is 0 Å². The topological polar surface area (TPSA) is 71.9 Å². The van der Waals surface area contributed by atoms with Crippen molar-refractivity contribution < 1.29 is 22.3 Å². The van der Waals surface area contributed by atoms with E-state index in [2.05, 4.69) is 9.72 Å². The van der Waals surface area contributed by atoms with Gasteiger partial charge >= 0.3 is 6.36 Å². The van der Waals surface area contributed by atoms with Gasteiger partial charge in [0.25, 0.3) is 5.95 Å². The number of aromatic nitrogens is 1. The molecule has 1 aromatic heterocycles. The van der Waals surface area contributed by atoms with Gasteiger partial charge in [0.2, 0.25) is 5.75 Å². The Kier molecular flexibility index (Phi) is 2.65. The van der Waals surface area contributed by atoms with Crippen molar-refractivity contribution in [3.05, 3.63) is 17.7 Å². The average Bonchev–Trinajstić information content (AvgIpc) is 2.11. The number of nitrogens with two attached hydrogens (primary N) is 1. The Labute approximate surface area is 80.9 Å². The SMILES string of the molecule is N#Cc1cnc(F)c(OC(F)(F)F)c1N. The molecule has 1 aromatic rings. The molecule has 2 N–H and O–H groups in total. The van der Waals surface area contributed by atoms with Crippen LogP contribution >= 0.6 is 0 Å².